The fourth-order valence-electron chi connectivity index (χ4n) is 2.81. The monoisotopic (exact) mass is 363 g/mol. The number of nitrogens with zero attached hydrogens (tertiary/aromatic N) is 3. The molecule has 0 radical (unpaired) electrons. The highest BCUT2D eigenvalue weighted by atomic mass is 35.5. The summed E-state index contributed by atoms with van der Waals surface area (Å²) in [6, 6.07) is 17.9. The molecule has 0 amide bonds. The van der Waals surface area contributed by atoms with E-state index in [9.17, 15) is 4.39 Å². The van der Waals surface area contributed by atoms with E-state index < -0.39 is 0 Å². The lowest BCUT2D eigenvalue weighted by Gasteiger charge is -2.08. The van der Waals surface area contributed by atoms with Gasteiger partial charge < -0.3 is 4.57 Å². The Morgan fingerprint density at radius 3 is 2.42 bits per heavy atom. The zero-order valence-electron chi connectivity index (χ0n) is 13.8. The molecule has 0 atom stereocenters. The molecular weight excluding hydrogens is 349 g/mol. The summed E-state index contributed by atoms with van der Waals surface area (Å²) < 4.78 is 15.2. The predicted octanol–water partition coefficient (Wildman–Crippen LogP) is 5.32. The average molecular weight is 364 g/mol. The lowest BCUT2D eigenvalue weighted by molar-refractivity contribution is 0.627. The van der Waals surface area contributed by atoms with Crippen molar-refractivity contribution in [2.24, 2.45) is 0 Å². The van der Waals surface area contributed by atoms with Crippen LogP contribution in [0.5, 0.6) is 0 Å². The molecule has 0 unspecified atom stereocenters. The van der Waals surface area contributed by atoms with Crippen LogP contribution in [-0.2, 0) is 6.42 Å². The second kappa shape index (κ2) is 7.10. The second-order valence-corrected chi connectivity index (χ2v) is 6.37. The Labute approximate surface area is 155 Å². The number of hydrogen-bond donors (Lipinski definition) is 0. The summed E-state index contributed by atoms with van der Waals surface area (Å²) in [7, 11) is 0. The van der Waals surface area contributed by atoms with Gasteiger partial charge in [-0.1, -0.05) is 23.7 Å². The molecule has 26 heavy (non-hydrogen) atoms. The molecule has 2 aromatic heterocycles. The lowest BCUT2D eigenvalue weighted by Crippen LogP contribution is -2.01. The van der Waals surface area contributed by atoms with Crippen molar-refractivity contribution in [2.45, 2.75) is 6.42 Å². The maximum absolute atomic E-state index is 13.2. The minimum Gasteiger partial charge on any atom is -0.303 e. The first-order chi connectivity index (χ1) is 12.7. The molecule has 128 valence electrons. The summed E-state index contributed by atoms with van der Waals surface area (Å²) in [5, 5.41) is 0.682. The van der Waals surface area contributed by atoms with Crippen LogP contribution in [0.4, 0.5) is 4.39 Å². The SMILES string of the molecule is Fc1ccc(Cc2nc(-c3cccnc3)cn2-c2ccc(Cl)cc2)cc1. The molecule has 0 aliphatic rings. The summed E-state index contributed by atoms with van der Waals surface area (Å²) in [5.74, 6) is 0.614. The Balaban J connectivity index is 1.78. The molecule has 0 spiro atoms. The first-order valence-electron chi connectivity index (χ1n) is 8.18. The van der Waals surface area contributed by atoms with Crippen LogP contribution >= 0.6 is 11.6 Å². The Kier molecular flexibility index (Phi) is 4.50. The Morgan fingerprint density at radius 2 is 1.73 bits per heavy atom. The van der Waals surface area contributed by atoms with Crippen LogP contribution in [0.15, 0.2) is 79.3 Å². The number of aromatic nitrogens is 3. The first kappa shape index (κ1) is 16.5. The molecule has 4 aromatic rings. The summed E-state index contributed by atoms with van der Waals surface area (Å²) >= 11 is 6.02. The van der Waals surface area contributed by atoms with Gasteiger partial charge in [0.05, 0.1) is 5.69 Å². The van der Waals surface area contributed by atoms with E-state index in [1.54, 1.807) is 24.5 Å². The van der Waals surface area contributed by atoms with Gasteiger partial charge in [0, 0.05) is 41.3 Å². The smallest absolute Gasteiger partial charge is 0.123 e. The van der Waals surface area contributed by atoms with E-state index in [0.717, 1.165) is 28.3 Å². The molecule has 2 heterocycles. The maximum Gasteiger partial charge on any atom is 0.123 e. The average Bonchev–Trinajstić information content (AvgIpc) is 3.09. The largest absolute Gasteiger partial charge is 0.303 e. The van der Waals surface area contributed by atoms with E-state index in [4.69, 9.17) is 16.6 Å². The summed E-state index contributed by atoms with van der Waals surface area (Å²) in [4.78, 5) is 8.96. The quantitative estimate of drug-likeness (QED) is 0.491. The van der Waals surface area contributed by atoms with Crippen LogP contribution in [0.3, 0.4) is 0 Å². The van der Waals surface area contributed by atoms with Crippen molar-refractivity contribution in [3.05, 3.63) is 101 Å². The zero-order valence-corrected chi connectivity index (χ0v) is 14.6. The predicted molar refractivity (Wildman–Crippen MR) is 101 cm³/mol. The summed E-state index contributed by atoms with van der Waals surface area (Å²) in [6.45, 7) is 0. The molecule has 4 rings (SSSR count). The minimum absolute atomic E-state index is 0.245. The van der Waals surface area contributed by atoms with Gasteiger partial charge in [-0.2, -0.15) is 0 Å². The zero-order chi connectivity index (χ0) is 17.9. The van der Waals surface area contributed by atoms with Gasteiger partial charge >= 0.3 is 0 Å². The molecule has 2 aromatic carbocycles. The van der Waals surface area contributed by atoms with Crippen molar-refractivity contribution in [2.75, 3.05) is 0 Å². The molecule has 0 fully saturated rings. The van der Waals surface area contributed by atoms with Crippen molar-refractivity contribution in [1.29, 1.82) is 0 Å². The van der Waals surface area contributed by atoms with Gasteiger partial charge in [0.2, 0.25) is 0 Å². The minimum atomic E-state index is -0.245. The molecule has 5 heteroatoms. The van der Waals surface area contributed by atoms with Crippen LogP contribution < -0.4 is 0 Å². The standard InChI is InChI=1S/C21H15ClFN3/c22-17-5-9-19(10-6-17)26-14-20(16-2-1-11-24-13-16)25-21(26)12-15-3-7-18(23)8-4-15/h1-11,13-14H,12H2. The van der Waals surface area contributed by atoms with Crippen molar-refractivity contribution in [3.8, 4) is 16.9 Å². The first-order valence-corrected chi connectivity index (χ1v) is 8.56. The number of halogens is 2. The molecule has 0 saturated heterocycles. The normalized spacial score (nSPS) is 10.8. The highest BCUT2D eigenvalue weighted by molar-refractivity contribution is 6.30. The Hall–Kier alpha value is -2.98. The summed E-state index contributed by atoms with van der Waals surface area (Å²) in [6.07, 6.45) is 6.09. The molecule has 0 aliphatic carbocycles. The van der Waals surface area contributed by atoms with Crippen molar-refractivity contribution < 1.29 is 4.39 Å². The molecule has 0 saturated carbocycles. The third kappa shape index (κ3) is 3.51. The summed E-state index contributed by atoms with van der Waals surface area (Å²) in [5.41, 5.74) is 3.74. The van der Waals surface area contributed by atoms with E-state index in [1.165, 1.54) is 12.1 Å². The topological polar surface area (TPSA) is 30.7 Å². The van der Waals surface area contributed by atoms with E-state index in [-0.39, 0.29) is 5.82 Å². The van der Waals surface area contributed by atoms with Gasteiger partial charge in [-0.15, -0.1) is 0 Å². The molecule has 0 N–H and O–H groups in total. The van der Waals surface area contributed by atoms with Crippen LogP contribution in [0.2, 0.25) is 5.02 Å². The van der Waals surface area contributed by atoms with Crippen molar-refractivity contribution in [1.82, 2.24) is 14.5 Å². The van der Waals surface area contributed by atoms with Crippen LogP contribution in [0, 0.1) is 5.82 Å². The van der Waals surface area contributed by atoms with Crippen LogP contribution in [0.1, 0.15) is 11.4 Å². The van der Waals surface area contributed by atoms with E-state index in [2.05, 4.69) is 4.98 Å². The maximum atomic E-state index is 13.2. The number of imidazole rings is 1. The van der Waals surface area contributed by atoms with Gasteiger partial charge in [0.25, 0.3) is 0 Å². The fourth-order valence-corrected chi connectivity index (χ4v) is 2.93. The van der Waals surface area contributed by atoms with Gasteiger partial charge in [-0.25, -0.2) is 9.37 Å². The molecule has 3 nitrogen and oxygen atoms in total. The second-order valence-electron chi connectivity index (χ2n) is 5.93. The van der Waals surface area contributed by atoms with E-state index in [0.29, 0.717) is 11.4 Å². The van der Waals surface area contributed by atoms with Crippen LogP contribution in [0.25, 0.3) is 16.9 Å². The van der Waals surface area contributed by atoms with Crippen molar-refractivity contribution >= 4 is 11.6 Å². The number of pyridine rings is 1. The van der Waals surface area contributed by atoms with E-state index in [1.807, 2.05) is 47.2 Å². The number of benzene rings is 2. The number of rotatable bonds is 4. The van der Waals surface area contributed by atoms with Gasteiger partial charge in [-0.3, -0.25) is 4.98 Å². The molecular formula is C21H15ClFN3. The Bertz CT molecular complexity index is 1010. The fraction of sp³-hybridized carbons (Fsp3) is 0.0476. The van der Waals surface area contributed by atoms with Crippen molar-refractivity contribution in [3.63, 3.8) is 0 Å². The highest BCUT2D eigenvalue weighted by Crippen LogP contribution is 2.23. The number of hydrogen-bond acceptors (Lipinski definition) is 2. The third-order valence-corrected chi connectivity index (χ3v) is 4.37. The van der Waals surface area contributed by atoms with Gasteiger partial charge in [-0.05, 0) is 54.1 Å². The van der Waals surface area contributed by atoms with Gasteiger partial charge in [0.15, 0.2) is 0 Å². The van der Waals surface area contributed by atoms with Crippen LogP contribution in [-0.4, -0.2) is 14.5 Å². The van der Waals surface area contributed by atoms with E-state index >= 15 is 0 Å². The highest BCUT2D eigenvalue weighted by Gasteiger charge is 2.12. The molecule has 0 aliphatic heterocycles. The Morgan fingerprint density at radius 1 is 0.962 bits per heavy atom. The van der Waals surface area contributed by atoms with Gasteiger partial charge in [0.1, 0.15) is 11.6 Å². The lowest BCUT2D eigenvalue weighted by atomic mass is 10.1. The molecule has 0 bridgehead atoms. The third-order valence-electron chi connectivity index (χ3n) is 4.12.